The first kappa shape index (κ1) is 23.6. The Kier molecular flexibility index (Phi) is 7.56. The molecule has 0 radical (unpaired) electrons. The van der Waals surface area contributed by atoms with Gasteiger partial charge in [0, 0.05) is 30.2 Å². The summed E-state index contributed by atoms with van der Waals surface area (Å²) in [6, 6.07) is 14.7. The minimum absolute atomic E-state index is 0.0500. The Morgan fingerprint density at radius 1 is 1.03 bits per heavy atom. The fraction of sp³-hybridized carbons (Fsp3) is 0.462. The van der Waals surface area contributed by atoms with E-state index in [9.17, 15) is 9.59 Å². The molecule has 0 unspecified atom stereocenters. The minimum atomic E-state index is -0.921. The molecule has 2 heterocycles. The normalized spacial score (nSPS) is 21.0. The second-order valence-corrected chi connectivity index (χ2v) is 9.42. The Balaban J connectivity index is 1.53. The second-order valence-electron chi connectivity index (χ2n) is 8.99. The van der Waals surface area contributed by atoms with Crippen LogP contribution >= 0.6 is 11.6 Å². The van der Waals surface area contributed by atoms with E-state index in [4.69, 9.17) is 21.1 Å². The van der Waals surface area contributed by atoms with E-state index < -0.39 is 5.60 Å². The highest BCUT2D eigenvalue weighted by atomic mass is 35.5. The van der Waals surface area contributed by atoms with Gasteiger partial charge >= 0.3 is 0 Å². The van der Waals surface area contributed by atoms with E-state index in [1.165, 1.54) is 0 Å². The number of aryl methyl sites for hydroxylation is 1. The van der Waals surface area contributed by atoms with Crippen LogP contribution in [0, 0.1) is 6.92 Å². The van der Waals surface area contributed by atoms with Gasteiger partial charge < -0.3 is 19.3 Å². The predicted octanol–water partition coefficient (Wildman–Crippen LogP) is 4.34. The third-order valence-corrected chi connectivity index (χ3v) is 6.55. The number of hydrogen-bond acceptors (Lipinski definition) is 4. The summed E-state index contributed by atoms with van der Waals surface area (Å²) in [7, 11) is 0. The molecule has 33 heavy (non-hydrogen) atoms. The smallest absolute Gasteiger partial charge is 0.254 e. The first-order valence-corrected chi connectivity index (χ1v) is 12.0. The molecule has 0 bridgehead atoms. The van der Waals surface area contributed by atoms with Gasteiger partial charge in [0.2, 0.25) is 5.91 Å². The number of morpholine rings is 1. The van der Waals surface area contributed by atoms with E-state index in [1.54, 1.807) is 17.0 Å². The van der Waals surface area contributed by atoms with Crippen molar-refractivity contribution in [3.8, 4) is 5.75 Å². The van der Waals surface area contributed by atoms with Crippen molar-refractivity contribution in [2.45, 2.75) is 38.2 Å². The molecule has 2 saturated heterocycles. The van der Waals surface area contributed by atoms with Crippen LogP contribution in [0.4, 0.5) is 0 Å². The van der Waals surface area contributed by atoms with Crippen LogP contribution in [0.5, 0.6) is 5.75 Å². The van der Waals surface area contributed by atoms with Crippen LogP contribution in [0.15, 0.2) is 48.5 Å². The lowest BCUT2D eigenvalue weighted by Gasteiger charge is -2.43. The van der Waals surface area contributed by atoms with Gasteiger partial charge in [-0.05, 0) is 56.5 Å². The average molecular weight is 471 g/mol. The van der Waals surface area contributed by atoms with Gasteiger partial charge in [0.25, 0.3) is 5.91 Å². The van der Waals surface area contributed by atoms with Crippen molar-refractivity contribution in [1.82, 2.24) is 9.80 Å². The standard InChI is InChI=1S/C26H31ClN2O4/c1-20-8-10-21(11-9-20)25(31)29-14-15-33-26(18-29,17-24(30)28-12-3-2-4-13-28)19-32-23-7-5-6-22(27)16-23/h5-11,16H,2-4,12-15,17-19H2,1H3/t26-/m1/s1. The zero-order valence-corrected chi connectivity index (χ0v) is 19.9. The SMILES string of the molecule is Cc1ccc(C(=O)N2CCO[C@](COc3cccc(Cl)c3)(CC(=O)N3CCCCC3)C2)cc1. The summed E-state index contributed by atoms with van der Waals surface area (Å²) in [4.78, 5) is 30.1. The molecule has 1 atom stereocenters. The Morgan fingerprint density at radius 2 is 1.79 bits per heavy atom. The van der Waals surface area contributed by atoms with Gasteiger partial charge in [0.05, 0.1) is 19.6 Å². The average Bonchev–Trinajstić information content (AvgIpc) is 2.84. The molecule has 0 saturated carbocycles. The molecular formula is C26H31ClN2O4. The van der Waals surface area contributed by atoms with Crippen LogP contribution in [-0.2, 0) is 9.53 Å². The van der Waals surface area contributed by atoms with Crippen LogP contribution in [-0.4, -0.2) is 66.6 Å². The number of carbonyl (C=O) groups excluding carboxylic acids is 2. The molecule has 2 aliphatic heterocycles. The molecule has 2 aliphatic rings. The Morgan fingerprint density at radius 3 is 2.52 bits per heavy atom. The minimum Gasteiger partial charge on any atom is -0.490 e. The molecule has 2 amide bonds. The summed E-state index contributed by atoms with van der Waals surface area (Å²) < 4.78 is 12.3. The van der Waals surface area contributed by atoms with Crippen molar-refractivity contribution in [3.63, 3.8) is 0 Å². The third-order valence-electron chi connectivity index (χ3n) is 6.31. The topological polar surface area (TPSA) is 59.1 Å². The van der Waals surface area contributed by atoms with Crippen molar-refractivity contribution >= 4 is 23.4 Å². The molecular weight excluding hydrogens is 440 g/mol. The Hall–Kier alpha value is -2.57. The van der Waals surface area contributed by atoms with Gasteiger partial charge in [0.15, 0.2) is 0 Å². The molecule has 0 aliphatic carbocycles. The number of rotatable bonds is 6. The fourth-order valence-electron chi connectivity index (χ4n) is 4.44. The summed E-state index contributed by atoms with van der Waals surface area (Å²) in [5, 5.41) is 0.576. The maximum absolute atomic E-state index is 13.2. The van der Waals surface area contributed by atoms with Crippen LogP contribution in [0.2, 0.25) is 5.02 Å². The monoisotopic (exact) mass is 470 g/mol. The van der Waals surface area contributed by atoms with E-state index in [1.807, 2.05) is 48.2 Å². The predicted molar refractivity (Wildman–Crippen MR) is 128 cm³/mol. The van der Waals surface area contributed by atoms with Gasteiger partial charge in [-0.2, -0.15) is 0 Å². The van der Waals surface area contributed by atoms with E-state index in [0.29, 0.717) is 36.0 Å². The van der Waals surface area contributed by atoms with E-state index in [2.05, 4.69) is 0 Å². The number of nitrogens with zero attached hydrogens (tertiary/aromatic N) is 2. The highest BCUT2D eigenvalue weighted by Gasteiger charge is 2.42. The van der Waals surface area contributed by atoms with Crippen molar-refractivity contribution in [2.75, 3.05) is 39.4 Å². The maximum atomic E-state index is 13.2. The number of carbonyl (C=O) groups is 2. The molecule has 0 aromatic heterocycles. The lowest BCUT2D eigenvalue weighted by Crippen LogP contribution is -2.58. The highest BCUT2D eigenvalue weighted by molar-refractivity contribution is 6.30. The van der Waals surface area contributed by atoms with Crippen LogP contribution in [0.1, 0.15) is 41.6 Å². The summed E-state index contributed by atoms with van der Waals surface area (Å²) in [6.07, 6.45) is 3.38. The fourth-order valence-corrected chi connectivity index (χ4v) is 4.62. The summed E-state index contributed by atoms with van der Waals surface area (Å²) >= 11 is 6.11. The number of likely N-dealkylation sites (tertiary alicyclic amines) is 1. The number of halogens is 1. The molecule has 0 spiro atoms. The summed E-state index contributed by atoms with van der Waals surface area (Å²) in [5.74, 6) is 0.600. The first-order chi connectivity index (χ1) is 15.9. The van der Waals surface area contributed by atoms with Crippen LogP contribution in [0.25, 0.3) is 0 Å². The molecule has 2 aromatic rings. The Labute approximate surface area is 200 Å². The molecule has 7 heteroatoms. The van der Waals surface area contributed by atoms with Gasteiger partial charge in [-0.25, -0.2) is 0 Å². The zero-order chi connectivity index (χ0) is 23.3. The van der Waals surface area contributed by atoms with Gasteiger partial charge in [0.1, 0.15) is 18.0 Å². The number of benzene rings is 2. The van der Waals surface area contributed by atoms with Crippen molar-refractivity contribution < 1.29 is 19.1 Å². The van der Waals surface area contributed by atoms with Crippen molar-refractivity contribution in [3.05, 3.63) is 64.7 Å². The number of piperidine rings is 1. The van der Waals surface area contributed by atoms with Crippen molar-refractivity contribution in [2.24, 2.45) is 0 Å². The van der Waals surface area contributed by atoms with Crippen molar-refractivity contribution in [1.29, 1.82) is 0 Å². The van der Waals surface area contributed by atoms with Gasteiger partial charge in [-0.15, -0.1) is 0 Å². The molecule has 6 nitrogen and oxygen atoms in total. The molecule has 4 rings (SSSR count). The summed E-state index contributed by atoms with van der Waals surface area (Å²) in [6.45, 7) is 4.82. The van der Waals surface area contributed by atoms with Gasteiger partial charge in [-0.3, -0.25) is 9.59 Å². The maximum Gasteiger partial charge on any atom is 0.254 e. The molecule has 2 aromatic carbocycles. The quantitative estimate of drug-likeness (QED) is 0.630. The first-order valence-electron chi connectivity index (χ1n) is 11.6. The molecule has 176 valence electrons. The lowest BCUT2D eigenvalue weighted by atomic mass is 9.95. The van der Waals surface area contributed by atoms with E-state index >= 15 is 0 Å². The Bertz CT molecular complexity index is 975. The second kappa shape index (κ2) is 10.6. The largest absolute Gasteiger partial charge is 0.490 e. The van der Waals surface area contributed by atoms with E-state index in [0.717, 1.165) is 37.9 Å². The third kappa shape index (κ3) is 6.06. The zero-order valence-electron chi connectivity index (χ0n) is 19.1. The van der Waals surface area contributed by atoms with Crippen LogP contribution < -0.4 is 4.74 Å². The number of amides is 2. The van der Waals surface area contributed by atoms with Gasteiger partial charge in [-0.1, -0.05) is 35.4 Å². The lowest BCUT2D eigenvalue weighted by molar-refractivity contribution is -0.153. The summed E-state index contributed by atoms with van der Waals surface area (Å²) in [5.41, 5.74) is 0.814. The van der Waals surface area contributed by atoms with Crippen LogP contribution in [0.3, 0.4) is 0 Å². The molecule has 2 fully saturated rings. The highest BCUT2D eigenvalue weighted by Crippen LogP contribution is 2.28. The van der Waals surface area contributed by atoms with E-state index in [-0.39, 0.29) is 24.8 Å². The number of ether oxygens (including phenoxy) is 2. The molecule has 0 N–H and O–H groups in total. The number of hydrogen-bond donors (Lipinski definition) is 0.